The summed E-state index contributed by atoms with van der Waals surface area (Å²) in [7, 11) is 0. The van der Waals surface area contributed by atoms with Crippen LogP contribution in [0.2, 0.25) is 0 Å². The minimum atomic E-state index is -0.400. The van der Waals surface area contributed by atoms with E-state index in [9.17, 15) is 18.8 Å². The summed E-state index contributed by atoms with van der Waals surface area (Å²) in [5, 5.41) is 6.79. The van der Waals surface area contributed by atoms with E-state index in [2.05, 4.69) is 10.4 Å². The maximum Gasteiger partial charge on any atom is 0.278 e. The Morgan fingerprint density at radius 3 is 2.60 bits per heavy atom. The number of anilines is 2. The van der Waals surface area contributed by atoms with Gasteiger partial charge in [0.05, 0.1) is 6.54 Å². The third kappa shape index (κ3) is 4.12. The monoisotopic (exact) mass is 406 g/mol. The van der Waals surface area contributed by atoms with Gasteiger partial charge in [-0.05, 0) is 48.4 Å². The molecule has 0 aliphatic carbocycles. The predicted octanol–water partition coefficient (Wildman–Crippen LogP) is 2.61. The normalized spacial score (nSPS) is 12.5. The van der Waals surface area contributed by atoms with Gasteiger partial charge in [-0.25, -0.2) is 9.07 Å². The highest BCUT2D eigenvalue weighted by atomic mass is 19.1. The van der Waals surface area contributed by atoms with Crippen molar-refractivity contribution in [2.75, 3.05) is 16.8 Å². The zero-order valence-electron chi connectivity index (χ0n) is 16.0. The van der Waals surface area contributed by atoms with Crippen LogP contribution in [0, 0.1) is 5.82 Å². The number of carbonyl (C=O) groups is 2. The molecule has 152 valence electrons. The lowest BCUT2D eigenvalue weighted by Gasteiger charge is -2.17. The molecule has 0 atom stereocenters. The number of halogens is 1. The van der Waals surface area contributed by atoms with Gasteiger partial charge in [0.15, 0.2) is 0 Å². The Hall–Kier alpha value is -3.81. The Kier molecular flexibility index (Phi) is 5.38. The van der Waals surface area contributed by atoms with Gasteiger partial charge >= 0.3 is 0 Å². The van der Waals surface area contributed by atoms with E-state index in [-0.39, 0.29) is 30.5 Å². The molecule has 4 rings (SSSR count). The average Bonchev–Trinajstić information content (AvgIpc) is 3.18. The number of hydrogen-bond donors (Lipinski definition) is 1. The second-order valence-corrected chi connectivity index (χ2v) is 6.92. The van der Waals surface area contributed by atoms with E-state index in [1.54, 1.807) is 4.90 Å². The van der Waals surface area contributed by atoms with Crippen molar-refractivity contribution in [1.82, 2.24) is 9.78 Å². The molecule has 2 heterocycles. The summed E-state index contributed by atoms with van der Waals surface area (Å²) in [6, 6.07) is 15.7. The second-order valence-electron chi connectivity index (χ2n) is 6.92. The molecule has 1 aliphatic heterocycles. The fourth-order valence-corrected chi connectivity index (χ4v) is 3.37. The minimum absolute atomic E-state index is 0.0174. The van der Waals surface area contributed by atoms with Crippen LogP contribution in [0.25, 0.3) is 0 Å². The van der Waals surface area contributed by atoms with Crippen molar-refractivity contribution >= 4 is 23.2 Å². The number of hydrogen-bond acceptors (Lipinski definition) is 4. The number of fused-ring (bicyclic) bond motifs is 1. The van der Waals surface area contributed by atoms with Crippen LogP contribution >= 0.6 is 0 Å². The average molecular weight is 406 g/mol. The van der Waals surface area contributed by atoms with E-state index in [0.717, 1.165) is 22.4 Å². The fraction of sp³-hybridized carbons (Fsp3) is 0.182. The third-order valence-corrected chi connectivity index (χ3v) is 4.90. The SMILES string of the molecule is O=C(CCn1nc(C(=O)N2CCc3ccccc32)ccc1=O)Nc1ccc(F)cc1. The molecule has 0 fully saturated rings. The van der Waals surface area contributed by atoms with Crippen LogP contribution in [0.1, 0.15) is 22.5 Å². The summed E-state index contributed by atoms with van der Waals surface area (Å²) in [5.41, 5.74) is 2.14. The number of aromatic nitrogens is 2. The van der Waals surface area contributed by atoms with Crippen molar-refractivity contribution in [2.45, 2.75) is 19.4 Å². The van der Waals surface area contributed by atoms with E-state index in [1.165, 1.54) is 36.4 Å². The summed E-state index contributed by atoms with van der Waals surface area (Å²) in [5.74, 6) is -1.03. The zero-order chi connectivity index (χ0) is 21.1. The molecule has 8 heteroatoms. The lowest BCUT2D eigenvalue weighted by molar-refractivity contribution is -0.116. The summed E-state index contributed by atoms with van der Waals surface area (Å²) in [4.78, 5) is 38.8. The highest BCUT2D eigenvalue weighted by Gasteiger charge is 2.26. The molecule has 2 aromatic carbocycles. The highest BCUT2D eigenvalue weighted by molar-refractivity contribution is 6.05. The molecule has 0 saturated carbocycles. The minimum Gasteiger partial charge on any atom is -0.326 e. The maximum absolute atomic E-state index is 12.9. The third-order valence-electron chi connectivity index (χ3n) is 4.90. The molecule has 3 aromatic rings. The first-order valence-electron chi connectivity index (χ1n) is 9.54. The lowest BCUT2D eigenvalue weighted by atomic mass is 10.2. The molecule has 0 radical (unpaired) electrons. The molecule has 2 amide bonds. The Balaban J connectivity index is 1.44. The highest BCUT2D eigenvalue weighted by Crippen LogP contribution is 2.28. The summed E-state index contributed by atoms with van der Waals surface area (Å²) < 4.78 is 14.1. The zero-order valence-corrected chi connectivity index (χ0v) is 16.0. The number of benzene rings is 2. The maximum atomic E-state index is 12.9. The van der Waals surface area contributed by atoms with Crippen molar-refractivity contribution in [3.8, 4) is 0 Å². The molecule has 1 aliphatic rings. The van der Waals surface area contributed by atoms with Crippen LogP contribution in [0.3, 0.4) is 0 Å². The van der Waals surface area contributed by atoms with Crippen LogP contribution in [0.4, 0.5) is 15.8 Å². The first-order valence-corrected chi connectivity index (χ1v) is 9.54. The number of amides is 2. The number of rotatable bonds is 5. The first kappa shape index (κ1) is 19.5. The molecule has 0 unspecified atom stereocenters. The molecule has 1 aromatic heterocycles. The van der Waals surface area contributed by atoms with Gasteiger partial charge < -0.3 is 10.2 Å². The summed E-state index contributed by atoms with van der Waals surface area (Å²) >= 11 is 0. The topological polar surface area (TPSA) is 84.3 Å². The summed E-state index contributed by atoms with van der Waals surface area (Å²) in [6.07, 6.45) is 0.750. The quantitative estimate of drug-likeness (QED) is 0.706. The Labute approximate surface area is 171 Å². The molecule has 0 spiro atoms. The lowest BCUT2D eigenvalue weighted by Crippen LogP contribution is -2.33. The van der Waals surface area contributed by atoms with Gasteiger partial charge in [-0.1, -0.05) is 18.2 Å². The van der Waals surface area contributed by atoms with Gasteiger partial charge in [-0.15, -0.1) is 0 Å². The van der Waals surface area contributed by atoms with Gasteiger partial charge in [0.25, 0.3) is 11.5 Å². The van der Waals surface area contributed by atoms with Crippen LogP contribution in [-0.4, -0.2) is 28.1 Å². The fourth-order valence-electron chi connectivity index (χ4n) is 3.37. The van der Waals surface area contributed by atoms with Gasteiger partial charge in [-0.2, -0.15) is 5.10 Å². The van der Waals surface area contributed by atoms with Gasteiger partial charge in [-0.3, -0.25) is 14.4 Å². The van der Waals surface area contributed by atoms with Crippen molar-refractivity contribution in [3.63, 3.8) is 0 Å². The van der Waals surface area contributed by atoms with E-state index in [0.29, 0.717) is 12.2 Å². The Bertz CT molecular complexity index is 1160. The Morgan fingerprint density at radius 1 is 1.03 bits per heavy atom. The van der Waals surface area contributed by atoms with Crippen LogP contribution in [0.5, 0.6) is 0 Å². The molecular formula is C22H19FN4O3. The van der Waals surface area contributed by atoms with E-state index >= 15 is 0 Å². The number of aryl methyl sites for hydroxylation is 1. The molecular weight excluding hydrogens is 387 g/mol. The number of nitrogens with one attached hydrogen (secondary N) is 1. The largest absolute Gasteiger partial charge is 0.326 e. The van der Waals surface area contributed by atoms with Crippen molar-refractivity contribution in [3.05, 3.63) is 88.1 Å². The second kappa shape index (κ2) is 8.28. The van der Waals surface area contributed by atoms with E-state index in [4.69, 9.17) is 0 Å². The van der Waals surface area contributed by atoms with Gasteiger partial charge in [0.1, 0.15) is 11.5 Å². The van der Waals surface area contributed by atoms with Crippen molar-refractivity contribution in [2.24, 2.45) is 0 Å². The van der Waals surface area contributed by atoms with Crippen LogP contribution in [0.15, 0.2) is 65.5 Å². The van der Waals surface area contributed by atoms with Crippen LogP contribution in [-0.2, 0) is 17.8 Å². The van der Waals surface area contributed by atoms with Gasteiger partial charge in [0.2, 0.25) is 5.91 Å². The number of nitrogens with zero attached hydrogens (tertiary/aromatic N) is 3. The predicted molar refractivity (Wildman–Crippen MR) is 110 cm³/mol. The molecule has 1 N–H and O–H groups in total. The van der Waals surface area contributed by atoms with E-state index in [1.807, 2.05) is 24.3 Å². The molecule has 0 saturated heterocycles. The molecule has 7 nitrogen and oxygen atoms in total. The Morgan fingerprint density at radius 2 is 1.80 bits per heavy atom. The van der Waals surface area contributed by atoms with Crippen LogP contribution < -0.4 is 15.8 Å². The molecule has 30 heavy (non-hydrogen) atoms. The summed E-state index contributed by atoms with van der Waals surface area (Å²) in [6.45, 7) is 0.572. The first-order chi connectivity index (χ1) is 14.5. The number of carbonyl (C=O) groups excluding carboxylic acids is 2. The van der Waals surface area contributed by atoms with Crippen molar-refractivity contribution in [1.29, 1.82) is 0 Å². The van der Waals surface area contributed by atoms with Gasteiger partial charge in [0, 0.05) is 30.4 Å². The standard InChI is InChI=1S/C22H19FN4O3/c23-16-5-7-17(8-6-16)24-20(28)12-14-27-21(29)10-9-18(25-27)22(30)26-13-11-15-3-1-2-4-19(15)26/h1-10H,11-14H2,(H,24,28). The van der Waals surface area contributed by atoms with E-state index < -0.39 is 11.4 Å². The molecule has 0 bridgehead atoms. The smallest absolute Gasteiger partial charge is 0.278 e. The number of para-hydroxylation sites is 1. The van der Waals surface area contributed by atoms with Crippen molar-refractivity contribution < 1.29 is 14.0 Å².